The Bertz CT molecular complexity index is 3560. The molecule has 3 aliphatic rings. The number of halogens is 2. The quantitative estimate of drug-likeness (QED) is 0.0372. The first kappa shape index (κ1) is 62.8. The van der Waals surface area contributed by atoms with Crippen LogP contribution in [0.25, 0.3) is 54.8 Å². The normalized spacial score (nSPS) is 16.4. The second-order valence-electron chi connectivity index (χ2n) is 22.5. The Labute approximate surface area is 515 Å². The molecule has 3 atom stereocenters. The van der Waals surface area contributed by atoms with Crippen molar-refractivity contribution in [1.29, 1.82) is 0 Å². The summed E-state index contributed by atoms with van der Waals surface area (Å²) in [6.45, 7) is 8.81. The summed E-state index contributed by atoms with van der Waals surface area (Å²) in [7, 11) is 3.46. The summed E-state index contributed by atoms with van der Waals surface area (Å²) in [4.78, 5) is 74.7. The second-order valence-corrected chi connectivity index (χ2v) is 23.8. The SMILES string of the molecule is CN[C@@H](C)C(=O)NC(C(=O)N1CCC[C@H]1c1nc(-c2ccc(OCCOCCOCCOCCN(C)C(=O)CCNc3nc(N4CCN(C(C)=O)CC4)c4cc(Cl)c(-c5cc(O)cc6ccccc56)c(F)c4n3)c3ccccc23)cs1)C1CCCCC1. The average molecular weight is 1230 g/mol. The molecule has 19 nitrogen and oxygen atoms in total. The minimum absolute atomic E-state index is 0.0000283. The maximum atomic E-state index is 17.0. The van der Waals surface area contributed by atoms with Crippen molar-refractivity contribution in [2.75, 3.05) is 116 Å². The van der Waals surface area contributed by atoms with Gasteiger partial charge < -0.3 is 59.6 Å². The van der Waals surface area contributed by atoms with E-state index in [0.29, 0.717) is 108 Å². The molecule has 2 aromatic heterocycles. The number of nitrogens with zero attached hydrogens (tertiary/aromatic N) is 7. The molecule has 2 saturated heterocycles. The zero-order valence-electron chi connectivity index (χ0n) is 50.0. The Morgan fingerprint density at radius 3 is 2.23 bits per heavy atom. The standard InChI is InChI=1S/C65H78ClFN10O9S/c1-41(68-3)62(81)71-59(43-13-6-5-7-14-43)64(82)77-24-12-19-54(77)63-70-53(40-87-63)48-20-21-55(49-18-11-10-17-47(48)49)86-36-35-85-34-33-84-32-31-83-30-29-74(4)56(80)22-23-69-65-72-60-51(61(73-65)76-27-25-75(26-28-76)42(2)78)39-52(66)57(58(60)67)50-38-45(79)37-44-15-8-9-16-46(44)50/h8-11,15-18,20-21,37-41,43,54,59,68,79H,5-7,12-14,19,22-36H2,1-4H3,(H,71,81)(H,69,72,73)/t41-,54-,59?/m0/s1. The molecule has 0 bridgehead atoms. The summed E-state index contributed by atoms with van der Waals surface area (Å²) >= 11 is 8.47. The Hall–Kier alpha value is -7.27. The number of hydrogen-bond donors (Lipinski definition) is 4. The van der Waals surface area contributed by atoms with Gasteiger partial charge in [-0.15, -0.1) is 11.3 Å². The van der Waals surface area contributed by atoms with Crippen LogP contribution in [0, 0.1) is 11.7 Å². The molecular weight excluding hydrogens is 1150 g/mol. The average Bonchev–Trinajstić information content (AvgIpc) is 1.46. The molecule has 1 unspecified atom stereocenters. The highest BCUT2D eigenvalue weighted by Gasteiger charge is 2.40. The van der Waals surface area contributed by atoms with Crippen molar-refractivity contribution < 1.29 is 47.6 Å². The van der Waals surface area contributed by atoms with E-state index >= 15 is 4.39 Å². The van der Waals surface area contributed by atoms with Crippen LogP contribution in [0.1, 0.15) is 76.3 Å². The van der Waals surface area contributed by atoms with Crippen LogP contribution in [0.4, 0.5) is 16.2 Å². The topological polar surface area (TPSA) is 213 Å². The number of likely N-dealkylation sites (N-methyl/N-ethyl adjacent to an activating group) is 2. The number of likely N-dealkylation sites (tertiary alicyclic amines) is 1. The lowest BCUT2D eigenvalue weighted by atomic mass is 9.83. The largest absolute Gasteiger partial charge is 0.508 e. The molecule has 4 heterocycles. The number of phenolic OH excluding ortho intramolecular Hbond substituents is 1. The van der Waals surface area contributed by atoms with E-state index in [9.17, 15) is 24.3 Å². The van der Waals surface area contributed by atoms with Crippen molar-refractivity contribution in [2.45, 2.75) is 83.3 Å². The number of carbonyl (C=O) groups is 4. The number of benzene rings is 5. The fourth-order valence-corrected chi connectivity index (χ4v) is 13.2. The van der Waals surface area contributed by atoms with E-state index in [0.717, 1.165) is 83.1 Å². The molecule has 87 heavy (non-hydrogen) atoms. The number of nitrogens with one attached hydrogen (secondary N) is 3. The highest BCUT2D eigenvalue weighted by molar-refractivity contribution is 7.10. The van der Waals surface area contributed by atoms with E-state index in [1.807, 2.05) is 71.3 Å². The van der Waals surface area contributed by atoms with E-state index in [2.05, 4.69) is 32.4 Å². The van der Waals surface area contributed by atoms with Crippen LogP contribution in [-0.4, -0.2) is 177 Å². The molecule has 10 rings (SSSR count). The highest BCUT2D eigenvalue weighted by Crippen LogP contribution is 2.44. The van der Waals surface area contributed by atoms with Crippen molar-refractivity contribution in [3.63, 3.8) is 0 Å². The number of thiazole rings is 1. The van der Waals surface area contributed by atoms with Crippen molar-refractivity contribution in [1.82, 2.24) is 40.3 Å². The summed E-state index contributed by atoms with van der Waals surface area (Å²) in [6, 6.07) is 23.1. The molecule has 1 aliphatic carbocycles. The number of rotatable bonds is 26. The lowest BCUT2D eigenvalue weighted by molar-refractivity contribution is -0.139. The number of fused-ring (bicyclic) bond motifs is 3. The Kier molecular flexibility index (Phi) is 21.4. The van der Waals surface area contributed by atoms with Crippen LogP contribution in [0.5, 0.6) is 11.5 Å². The van der Waals surface area contributed by atoms with Gasteiger partial charge in [0.25, 0.3) is 0 Å². The van der Waals surface area contributed by atoms with Crippen LogP contribution >= 0.6 is 22.9 Å². The summed E-state index contributed by atoms with van der Waals surface area (Å²) in [5, 5.41) is 26.8. The minimum Gasteiger partial charge on any atom is -0.508 e. The molecule has 7 aromatic rings. The van der Waals surface area contributed by atoms with E-state index in [1.165, 1.54) is 13.0 Å². The predicted octanol–water partition coefficient (Wildman–Crippen LogP) is 9.62. The van der Waals surface area contributed by atoms with Crippen LogP contribution in [0.2, 0.25) is 5.02 Å². The van der Waals surface area contributed by atoms with Crippen LogP contribution in [-0.2, 0) is 33.4 Å². The monoisotopic (exact) mass is 1230 g/mol. The number of carbonyl (C=O) groups excluding carboxylic acids is 4. The molecule has 5 aromatic carbocycles. The van der Waals surface area contributed by atoms with Gasteiger partial charge in [0.2, 0.25) is 29.6 Å². The van der Waals surface area contributed by atoms with Gasteiger partial charge >= 0.3 is 0 Å². The Balaban J connectivity index is 0.646. The molecule has 4 amide bonds. The first-order valence-corrected chi connectivity index (χ1v) is 31.6. The molecule has 0 spiro atoms. The van der Waals surface area contributed by atoms with Crippen LogP contribution in [0.3, 0.4) is 0 Å². The van der Waals surface area contributed by atoms with E-state index in [1.54, 1.807) is 47.4 Å². The van der Waals surface area contributed by atoms with Gasteiger partial charge in [-0.25, -0.2) is 14.4 Å². The summed E-state index contributed by atoms with van der Waals surface area (Å²) < 4.78 is 40.6. The van der Waals surface area contributed by atoms with E-state index in [-0.39, 0.29) is 76.4 Å². The van der Waals surface area contributed by atoms with Gasteiger partial charge in [0.05, 0.1) is 62.4 Å². The lowest BCUT2D eigenvalue weighted by Gasteiger charge is -2.35. The summed E-state index contributed by atoms with van der Waals surface area (Å²) in [5.74, 6) is 0.413. The van der Waals surface area contributed by atoms with Gasteiger partial charge in [0, 0.05) is 93.5 Å². The first-order chi connectivity index (χ1) is 42.3. The summed E-state index contributed by atoms with van der Waals surface area (Å²) in [5.41, 5.74) is 2.37. The van der Waals surface area contributed by atoms with Crippen LogP contribution in [0.15, 0.2) is 84.2 Å². The number of phenols is 1. The molecule has 462 valence electrons. The third-order valence-electron chi connectivity index (χ3n) is 16.9. The van der Waals surface area contributed by atoms with Gasteiger partial charge in [-0.05, 0) is 97.6 Å². The van der Waals surface area contributed by atoms with Crippen LogP contribution < -0.4 is 25.6 Å². The summed E-state index contributed by atoms with van der Waals surface area (Å²) in [6.07, 6.45) is 6.99. The smallest absolute Gasteiger partial charge is 0.246 e. The van der Waals surface area contributed by atoms with Gasteiger partial charge in [-0.2, -0.15) is 4.98 Å². The minimum atomic E-state index is -0.677. The zero-order valence-corrected chi connectivity index (χ0v) is 51.5. The van der Waals surface area contributed by atoms with Crippen molar-refractivity contribution in [2.24, 2.45) is 5.92 Å². The molecule has 4 N–H and O–H groups in total. The fraction of sp³-hybridized carbons (Fsp3) is 0.462. The number of hydrogen-bond acceptors (Lipinski definition) is 16. The molecule has 0 radical (unpaired) electrons. The number of aromatic nitrogens is 3. The fourth-order valence-electron chi connectivity index (χ4n) is 11.9. The van der Waals surface area contributed by atoms with Crippen molar-refractivity contribution >= 4 is 90.8 Å². The number of ether oxygens (including phenoxy) is 4. The van der Waals surface area contributed by atoms with Gasteiger partial charge in [0.1, 0.15) is 40.5 Å². The number of aromatic hydroxyl groups is 1. The molecule has 1 saturated carbocycles. The van der Waals surface area contributed by atoms with E-state index in [4.69, 9.17) is 40.5 Å². The number of piperazine rings is 1. The number of amides is 4. The Morgan fingerprint density at radius 2 is 1.49 bits per heavy atom. The first-order valence-electron chi connectivity index (χ1n) is 30.3. The third-order valence-corrected chi connectivity index (χ3v) is 18.1. The van der Waals surface area contributed by atoms with Crippen molar-refractivity contribution in [3.05, 3.63) is 100 Å². The van der Waals surface area contributed by atoms with Gasteiger partial charge in [0.15, 0.2) is 5.82 Å². The molecule has 2 aliphatic heterocycles. The molecule has 3 fully saturated rings. The van der Waals surface area contributed by atoms with Crippen molar-refractivity contribution in [3.8, 4) is 33.9 Å². The maximum absolute atomic E-state index is 17.0. The predicted molar refractivity (Wildman–Crippen MR) is 338 cm³/mol. The zero-order chi connectivity index (χ0) is 61.0. The lowest BCUT2D eigenvalue weighted by Crippen LogP contribution is -2.55. The van der Waals surface area contributed by atoms with E-state index < -0.39 is 17.9 Å². The highest BCUT2D eigenvalue weighted by atomic mass is 35.5. The molecular formula is C65H78ClFN10O9S. The Morgan fingerprint density at radius 1 is 0.793 bits per heavy atom. The third kappa shape index (κ3) is 15.0. The molecule has 22 heteroatoms. The number of anilines is 2. The second kappa shape index (κ2) is 29.6. The van der Waals surface area contributed by atoms with Gasteiger partial charge in [-0.3, -0.25) is 19.2 Å². The maximum Gasteiger partial charge on any atom is 0.246 e. The van der Waals surface area contributed by atoms with Gasteiger partial charge in [-0.1, -0.05) is 79.4 Å².